The Bertz CT molecular complexity index is 452. The molecule has 1 aliphatic heterocycles. The van der Waals surface area contributed by atoms with E-state index in [4.69, 9.17) is 5.73 Å². The molecule has 3 N–H and O–H groups in total. The van der Waals surface area contributed by atoms with Crippen molar-refractivity contribution in [1.82, 2.24) is 4.90 Å². The van der Waals surface area contributed by atoms with Crippen LogP contribution in [0.1, 0.15) is 22.8 Å². The quantitative estimate of drug-likeness (QED) is 0.805. The highest BCUT2D eigenvalue weighted by atomic mass is 19.1. The summed E-state index contributed by atoms with van der Waals surface area (Å²) in [5, 5.41) is 9.55. The number of amides is 1. The van der Waals surface area contributed by atoms with E-state index in [-0.39, 0.29) is 5.56 Å². The molecule has 2 rings (SSSR count). The molecule has 0 saturated carbocycles. The van der Waals surface area contributed by atoms with Gasteiger partial charge in [0.1, 0.15) is 5.82 Å². The van der Waals surface area contributed by atoms with Gasteiger partial charge in [0.25, 0.3) is 0 Å². The number of hydrogen-bond acceptors (Lipinski definition) is 3. The first kappa shape index (κ1) is 12.0. The second kappa shape index (κ2) is 4.09. The number of nitrogens with zero attached hydrogens (tertiary/aromatic N) is 1. The molecule has 0 atom stereocenters. The highest BCUT2D eigenvalue weighted by Crippen LogP contribution is 2.23. The summed E-state index contributed by atoms with van der Waals surface area (Å²) in [4.78, 5) is 12.8. The fourth-order valence-corrected chi connectivity index (χ4v) is 2.10. The number of benzene rings is 1. The molecule has 1 aromatic carbocycles. The first-order valence-electron chi connectivity index (χ1n) is 5.40. The van der Waals surface area contributed by atoms with Gasteiger partial charge in [-0.05, 0) is 19.1 Å². The molecule has 1 fully saturated rings. The molecule has 17 heavy (non-hydrogen) atoms. The monoisotopic (exact) mass is 238 g/mol. The topological polar surface area (TPSA) is 66.6 Å². The van der Waals surface area contributed by atoms with E-state index in [1.165, 1.54) is 6.07 Å². The lowest BCUT2D eigenvalue weighted by Gasteiger charge is -2.44. The maximum Gasteiger partial charge on any atom is 0.248 e. The lowest BCUT2D eigenvalue weighted by Crippen LogP contribution is -2.59. The van der Waals surface area contributed by atoms with E-state index in [0.29, 0.717) is 25.2 Å². The first-order valence-corrected chi connectivity index (χ1v) is 5.40. The van der Waals surface area contributed by atoms with Gasteiger partial charge in [-0.2, -0.15) is 0 Å². The van der Waals surface area contributed by atoms with E-state index in [9.17, 15) is 14.3 Å². The van der Waals surface area contributed by atoms with Crippen molar-refractivity contribution in [3.63, 3.8) is 0 Å². The maximum atomic E-state index is 13.6. The summed E-state index contributed by atoms with van der Waals surface area (Å²) in [6.45, 7) is 3.24. The summed E-state index contributed by atoms with van der Waals surface area (Å²) >= 11 is 0. The van der Waals surface area contributed by atoms with Gasteiger partial charge >= 0.3 is 0 Å². The number of primary amides is 1. The summed E-state index contributed by atoms with van der Waals surface area (Å²) < 4.78 is 13.6. The number of aliphatic hydroxyl groups is 1. The van der Waals surface area contributed by atoms with E-state index in [1.54, 1.807) is 13.0 Å². The molecular formula is C12H15FN2O2. The van der Waals surface area contributed by atoms with Crippen molar-refractivity contribution in [3.8, 4) is 0 Å². The van der Waals surface area contributed by atoms with Crippen LogP contribution in [0.5, 0.6) is 0 Å². The van der Waals surface area contributed by atoms with Gasteiger partial charge in [-0.15, -0.1) is 0 Å². The second-order valence-corrected chi connectivity index (χ2v) is 4.81. The Labute approximate surface area is 98.8 Å². The van der Waals surface area contributed by atoms with E-state index in [1.807, 2.05) is 4.90 Å². The van der Waals surface area contributed by atoms with Crippen LogP contribution in [0, 0.1) is 5.82 Å². The van der Waals surface area contributed by atoms with E-state index < -0.39 is 17.3 Å². The fraction of sp³-hybridized carbons (Fsp3) is 0.417. The minimum Gasteiger partial charge on any atom is -0.388 e. The van der Waals surface area contributed by atoms with Gasteiger partial charge in [0, 0.05) is 30.8 Å². The van der Waals surface area contributed by atoms with Crippen LogP contribution in [-0.4, -0.2) is 34.6 Å². The minimum absolute atomic E-state index is 0.168. The van der Waals surface area contributed by atoms with Crippen molar-refractivity contribution < 1.29 is 14.3 Å². The Balaban J connectivity index is 2.05. The van der Waals surface area contributed by atoms with Gasteiger partial charge in [0.2, 0.25) is 5.91 Å². The van der Waals surface area contributed by atoms with Gasteiger partial charge in [-0.25, -0.2) is 4.39 Å². The predicted molar refractivity (Wildman–Crippen MR) is 60.8 cm³/mol. The molecule has 1 saturated heterocycles. The van der Waals surface area contributed by atoms with Crippen LogP contribution in [0.4, 0.5) is 4.39 Å². The Kier molecular flexibility index (Phi) is 2.89. The van der Waals surface area contributed by atoms with Crippen LogP contribution >= 0.6 is 0 Å². The molecular weight excluding hydrogens is 223 g/mol. The summed E-state index contributed by atoms with van der Waals surface area (Å²) in [5.41, 5.74) is 5.07. The predicted octanol–water partition coefficient (Wildman–Crippen LogP) is 0.491. The zero-order chi connectivity index (χ0) is 12.6. The van der Waals surface area contributed by atoms with E-state index in [2.05, 4.69) is 0 Å². The van der Waals surface area contributed by atoms with Crippen molar-refractivity contribution in [2.75, 3.05) is 13.1 Å². The summed E-state index contributed by atoms with van der Waals surface area (Å²) in [6.07, 6.45) is 0. The molecule has 1 aliphatic rings. The number of halogens is 1. The summed E-state index contributed by atoms with van der Waals surface area (Å²) in [6, 6.07) is 4.22. The van der Waals surface area contributed by atoms with Crippen molar-refractivity contribution in [1.29, 1.82) is 0 Å². The number of carbonyl (C=O) groups is 1. The first-order chi connectivity index (χ1) is 7.87. The molecule has 0 bridgehead atoms. The third-order valence-corrected chi connectivity index (χ3v) is 2.86. The molecule has 92 valence electrons. The standard InChI is InChI=1S/C12H15FN2O2/c1-12(17)6-15(7-12)5-9-3-2-8(11(14)16)4-10(9)13/h2-4,17H,5-7H2,1H3,(H2,14,16). The van der Waals surface area contributed by atoms with Crippen molar-refractivity contribution in [2.24, 2.45) is 5.73 Å². The number of carbonyl (C=O) groups excluding carboxylic acids is 1. The zero-order valence-electron chi connectivity index (χ0n) is 9.61. The zero-order valence-corrected chi connectivity index (χ0v) is 9.61. The van der Waals surface area contributed by atoms with Crippen LogP contribution in [-0.2, 0) is 6.54 Å². The summed E-state index contributed by atoms with van der Waals surface area (Å²) in [7, 11) is 0. The Morgan fingerprint density at radius 1 is 1.59 bits per heavy atom. The third kappa shape index (κ3) is 2.62. The molecule has 5 heteroatoms. The average molecular weight is 238 g/mol. The molecule has 4 nitrogen and oxygen atoms in total. The van der Waals surface area contributed by atoms with Gasteiger partial charge in [-0.3, -0.25) is 9.69 Å². The molecule has 1 amide bonds. The molecule has 1 heterocycles. The van der Waals surface area contributed by atoms with Gasteiger partial charge in [0.15, 0.2) is 0 Å². The average Bonchev–Trinajstić information content (AvgIpc) is 2.17. The molecule has 0 radical (unpaired) electrons. The maximum absolute atomic E-state index is 13.6. The van der Waals surface area contributed by atoms with Crippen LogP contribution in [0.25, 0.3) is 0 Å². The van der Waals surface area contributed by atoms with E-state index in [0.717, 1.165) is 6.07 Å². The third-order valence-electron chi connectivity index (χ3n) is 2.86. The lowest BCUT2D eigenvalue weighted by atomic mass is 9.96. The van der Waals surface area contributed by atoms with Crippen molar-refractivity contribution in [2.45, 2.75) is 19.1 Å². The highest BCUT2D eigenvalue weighted by Gasteiger charge is 2.36. The smallest absolute Gasteiger partial charge is 0.248 e. The van der Waals surface area contributed by atoms with Crippen molar-refractivity contribution >= 4 is 5.91 Å². The largest absolute Gasteiger partial charge is 0.388 e. The molecule has 1 aromatic rings. The summed E-state index contributed by atoms with van der Waals surface area (Å²) in [5.74, 6) is -1.07. The normalized spacial score (nSPS) is 18.8. The Morgan fingerprint density at radius 3 is 2.71 bits per heavy atom. The van der Waals surface area contributed by atoms with Gasteiger partial charge < -0.3 is 10.8 Å². The van der Waals surface area contributed by atoms with Crippen LogP contribution in [0.3, 0.4) is 0 Å². The molecule has 0 aromatic heterocycles. The van der Waals surface area contributed by atoms with Crippen LogP contribution < -0.4 is 5.73 Å². The Morgan fingerprint density at radius 2 is 2.24 bits per heavy atom. The second-order valence-electron chi connectivity index (χ2n) is 4.81. The molecule has 0 unspecified atom stereocenters. The van der Waals surface area contributed by atoms with Gasteiger partial charge in [-0.1, -0.05) is 6.07 Å². The minimum atomic E-state index is -0.663. The number of nitrogens with two attached hydrogens (primary N) is 1. The number of likely N-dealkylation sites (tertiary alicyclic amines) is 1. The SMILES string of the molecule is CC1(O)CN(Cc2ccc(C(N)=O)cc2F)C1. The molecule has 0 aliphatic carbocycles. The number of hydrogen-bond donors (Lipinski definition) is 2. The van der Waals surface area contributed by atoms with Gasteiger partial charge in [0.05, 0.1) is 5.60 Å². The molecule has 0 spiro atoms. The van der Waals surface area contributed by atoms with Crippen molar-refractivity contribution in [3.05, 3.63) is 35.1 Å². The fourth-order valence-electron chi connectivity index (χ4n) is 2.10. The lowest BCUT2D eigenvalue weighted by molar-refractivity contribution is -0.0874. The Hall–Kier alpha value is -1.46. The number of rotatable bonds is 3. The highest BCUT2D eigenvalue weighted by molar-refractivity contribution is 5.92. The van der Waals surface area contributed by atoms with E-state index >= 15 is 0 Å². The number of β-amino-alcohol motifs (C(OH)–C–C–N with tert-alkyl or cyclic N) is 1. The van der Waals surface area contributed by atoms with Crippen LogP contribution in [0.15, 0.2) is 18.2 Å². The van der Waals surface area contributed by atoms with Crippen LogP contribution in [0.2, 0.25) is 0 Å².